The molecule has 4 aromatic carbocycles. The fourth-order valence-electron chi connectivity index (χ4n) is 4.67. The molecule has 1 saturated heterocycles. The molecule has 1 fully saturated rings. The fraction of sp³-hybridized carbons (Fsp3) is 0.212. The van der Waals surface area contributed by atoms with Crippen LogP contribution in [0.4, 0.5) is 11.4 Å². The van der Waals surface area contributed by atoms with E-state index in [0.717, 1.165) is 22.7 Å². The van der Waals surface area contributed by atoms with Crippen LogP contribution in [0.15, 0.2) is 108 Å². The number of amides is 2. The van der Waals surface area contributed by atoms with Gasteiger partial charge in [0.05, 0.1) is 27.9 Å². The lowest BCUT2D eigenvalue weighted by molar-refractivity contribution is -0.114. The Hall–Kier alpha value is -4.67. The Kier molecular flexibility index (Phi) is 9.38. The Morgan fingerprint density at radius 1 is 0.884 bits per heavy atom. The molecule has 5 rings (SSSR count). The summed E-state index contributed by atoms with van der Waals surface area (Å²) < 4.78 is 40.1. The summed E-state index contributed by atoms with van der Waals surface area (Å²) in [6, 6.07) is 28.7. The van der Waals surface area contributed by atoms with Crippen molar-refractivity contribution in [3.8, 4) is 11.5 Å². The van der Waals surface area contributed by atoms with Crippen molar-refractivity contribution in [2.45, 2.75) is 30.8 Å². The van der Waals surface area contributed by atoms with Gasteiger partial charge in [0.25, 0.3) is 15.9 Å². The van der Waals surface area contributed by atoms with Gasteiger partial charge in [0, 0.05) is 13.2 Å². The van der Waals surface area contributed by atoms with Crippen molar-refractivity contribution in [2.24, 2.45) is 0 Å². The summed E-state index contributed by atoms with van der Waals surface area (Å²) in [7, 11) is -4.14. The normalized spacial score (nSPS) is 14.6. The van der Waals surface area contributed by atoms with Gasteiger partial charge in [-0.3, -0.25) is 13.9 Å². The zero-order chi connectivity index (χ0) is 30.2. The molecule has 10 heteroatoms. The van der Waals surface area contributed by atoms with Crippen LogP contribution < -0.4 is 19.7 Å². The summed E-state index contributed by atoms with van der Waals surface area (Å²) >= 11 is 0. The topological polar surface area (TPSA) is 114 Å². The first-order chi connectivity index (χ1) is 20.8. The van der Waals surface area contributed by atoms with Gasteiger partial charge < -0.3 is 20.1 Å². The zero-order valence-electron chi connectivity index (χ0n) is 23.7. The number of anilines is 2. The van der Waals surface area contributed by atoms with Crippen molar-refractivity contribution in [3.05, 3.63) is 114 Å². The number of ether oxygens (including phenoxy) is 2. The summed E-state index contributed by atoms with van der Waals surface area (Å²) in [5.41, 5.74) is 1.72. The number of aryl methyl sites for hydroxylation is 1. The number of carbonyl (C=O) groups is 2. The van der Waals surface area contributed by atoms with Crippen molar-refractivity contribution in [1.29, 1.82) is 0 Å². The number of para-hydroxylation sites is 2. The molecular weight excluding hydrogens is 566 g/mol. The minimum atomic E-state index is -4.14. The number of hydrogen-bond donors (Lipinski definition) is 2. The van der Waals surface area contributed by atoms with E-state index in [1.165, 1.54) is 12.1 Å². The standard InChI is InChI=1S/C33H33N3O6S/c1-24-13-19-29(20-14-24)43(39,40)36(25-15-17-27(18-16-25)42-26-8-3-2-4-9-26)23-32(37)35-31-12-6-5-11-30(31)33(38)34-22-28-10-7-21-41-28/h2-6,8-9,11-20,28H,7,10,21-23H2,1H3,(H,34,38)(H,35,37)/t28-/m0/s1. The highest BCUT2D eigenvalue weighted by Gasteiger charge is 2.28. The predicted octanol–water partition coefficient (Wildman–Crippen LogP) is 5.53. The number of nitrogens with zero attached hydrogens (tertiary/aromatic N) is 1. The number of benzene rings is 4. The molecule has 0 spiro atoms. The van der Waals surface area contributed by atoms with E-state index in [4.69, 9.17) is 9.47 Å². The van der Waals surface area contributed by atoms with E-state index in [-0.39, 0.29) is 33.8 Å². The molecular formula is C33H33N3O6S. The number of sulfonamides is 1. The number of carbonyl (C=O) groups excluding carboxylic acids is 2. The minimum absolute atomic E-state index is 0.0317. The number of rotatable bonds is 11. The highest BCUT2D eigenvalue weighted by Crippen LogP contribution is 2.28. The van der Waals surface area contributed by atoms with Gasteiger partial charge in [0.2, 0.25) is 5.91 Å². The minimum Gasteiger partial charge on any atom is -0.457 e. The molecule has 0 saturated carbocycles. The lowest BCUT2D eigenvalue weighted by atomic mass is 10.1. The highest BCUT2D eigenvalue weighted by molar-refractivity contribution is 7.92. The Bertz CT molecular complexity index is 1650. The van der Waals surface area contributed by atoms with Gasteiger partial charge in [0.15, 0.2) is 0 Å². The van der Waals surface area contributed by atoms with E-state index in [9.17, 15) is 18.0 Å². The molecule has 4 aromatic rings. The Morgan fingerprint density at radius 3 is 2.26 bits per heavy atom. The smallest absolute Gasteiger partial charge is 0.264 e. The Morgan fingerprint density at radius 2 is 1.56 bits per heavy atom. The van der Waals surface area contributed by atoms with Crippen molar-refractivity contribution in [2.75, 3.05) is 29.3 Å². The Labute approximate surface area is 251 Å². The van der Waals surface area contributed by atoms with Gasteiger partial charge in [-0.05, 0) is 80.4 Å². The predicted molar refractivity (Wildman–Crippen MR) is 165 cm³/mol. The monoisotopic (exact) mass is 599 g/mol. The Balaban J connectivity index is 1.37. The molecule has 0 unspecified atom stereocenters. The van der Waals surface area contributed by atoms with Crippen LogP contribution in [-0.2, 0) is 19.6 Å². The summed E-state index contributed by atoms with van der Waals surface area (Å²) in [6.45, 7) is 2.38. The molecule has 9 nitrogen and oxygen atoms in total. The van der Waals surface area contributed by atoms with E-state index in [1.54, 1.807) is 60.7 Å². The summed E-state index contributed by atoms with van der Waals surface area (Å²) in [4.78, 5) is 26.4. The average molecular weight is 600 g/mol. The average Bonchev–Trinajstić information content (AvgIpc) is 3.54. The number of hydrogen-bond acceptors (Lipinski definition) is 6. The van der Waals surface area contributed by atoms with E-state index < -0.39 is 22.5 Å². The van der Waals surface area contributed by atoms with Crippen LogP contribution in [-0.4, -0.2) is 46.0 Å². The van der Waals surface area contributed by atoms with Crippen LogP contribution in [0.2, 0.25) is 0 Å². The van der Waals surface area contributed by atoms with Gasteiger partial charge in [-0.1, -0.05) is 48.0 Å². The second-order valence-corrected chi connectivity index (χ2v) is 12.0. The molecule has 0 radical (unpaired) electrons. The van der Waals surface area contributed by atoms with Crippen molar-refractivity contribution in [3.63, 3.8) is 0 Å². The molecule has 2 N–H and O–H groups in total. The maximum Gasteiger partial charge on any atom is 0.264 e. The van der Waals surface area contributed by atoms with Gasteiger partial charge in [-0.25, -0.2) is 8.42 Å². The quantitative estimate of drug-likeness (QED) is 0.234. The lowest BCUT2D eigenvalue weighted by Gasteiger charge is -2.24. The van der Waals surface area contributed by atoms with E-state index in [1.807, 2.05) is 37.3 Å². The first-order valence-electron chi connectivity index (χ1n) is 14.0. The van der Waals surface area contributed by atoms with E-state index >= 15 is 0 Å². The molecule has 43 heavy (non-hydrogen) atoms. The van der Waals surface area contributed by atoms with Gasteiger partial charge in [-0.15, -0.1) is 0 Å². The summed E-state index contributed by atoms with van der Waals surface area (Å²) in [5.74, 6) is 0.177. The molecule has 1 aliphatic rings. The fourth-order valence-corrected chi connectivity index (χ4v) is 6.10. The van der Waals surface area contributed by atoms with Gasteiger partial charge in [0.1, 0.15) is 18.0 Å². The van der Waals surface area contributed by atoms with Crippen molar-refractivity contribution in [1.82, 2.24) is 5.32 Å². The summed E-state index contributed by atoms with van der Waals surface area (Å²) in [6.07, 6.45) is 1.80. The third-order valence-corrected chi connectivity index (χ3v) is 8.75. The van der Waals surface area contributed by atoms with E-state index in [2.05, 4.69) is 10.6 Å². The third kappa shape index (κ3) is 7.59. The second kappa shape index (κ2) is 13.5. The molecule has 2 amide bonds. The zero-order valence-corrected chi connectivity index (χ0v) is 24.5. The highest BCUT2D eigenvalue weighted by atomic mass is 32.2. The van der Waals surface area contributed by atoms with Crippen LogP contribution in [0, 0.1) is 6.92 Å². The maximum atomic E-state index is 13.8. The molecule has 0 aliphatic carbocycles. The molecule has 0 bridgehead atoms. The summed E-state index contributed by atoms with van der Waals surface area (Å²) in [5, 5.41) is 5.60. The second-order valence-electron chi connectivity index (χ2n) is 10.2. The number of nitrogens with one attached hydrogen (secondary N) is 2. The first-order valence-corrected chi connectivity index (χ1v) is 15.4. The van der Waals surface area contributed by atoms with Gasteiger partial charge >= 0.3 is 0 Å². The van der Waals surface area contributed by atoms with Crippen LogP contribution in [0.1, 0.15) is 28.8 Å². The molecule has 0 aromatic heterocycles. The van der Waals surface area contributed by atoms with Crippen LogP contribution in [0.25, 0.3) is 0 Å². The van der Waals surface area contributed by atoms with Crippen LogP contribution in [0.5, 0.6) is 11.5 Å². The molecule has 222 valence electrons. The van der Waals surface area contributed by atoms with Crippen LogP contribution >= 0.6 is 0 Å². The van der Waals surface area contributed by atoms with Crippen LogP contribution in [0.3, 0.4) is 0 Å². The van der Waals surface area contributed by atoms with Crippen molar-refractivity contribution < 1.29 is 27.5 Å². The SMILES string of the molecule is Cc1ccc(S(=O)(=O)N(CC(=O)Nc2ccccc2C(=O)NC[C@@H]2CCCO2)c2ccc(Oc3ccccc3)cc2)cc1. The molecule has 1 heterocycles. The van der Waals surface area contributed by atoms with Crippen molar-refractivity contribution >= 4 is 33.2 Å². The molecule has 1 aliphatic heterocycles. The lowest BCUT2D eigenvalue weighted by Crippen LogP contribution is -2.38. The molecule has 1 atom stereocenters. The maximum absolute atomic E-state index is 13.8. The third-order valence-electron chi connectivity index (χ3n) is 6.96. The largest absolute Gasteiger partial charge is 0.457 e. The first kappa shape index (κ1) is 29.8. The van der Waals surface area contributed by atoms with Gasteiger partial charge in [-0.2, -0.15) is 0 Å². The van der Waals surface area contributed by atoms with E-state index in [0.29, 0.717) is 24.7 Å².